The lowest BCUT2D eigenvalue weighted by atomic mass is 9.87. The lowest BCUT2D eigenvalue weighted by Gasteiger charge is -2.27. The molecule has 0 aromatic carbocycles. The van der Waals surface area contributed by atoms with Gasteiger partial charge in [0.15, 0.2) is 0 Å². The second kappa shape index (κ2) is 4.13. The van der Waals surface area contributed by atoms with E-state index in [-0.39, 0.29) is 12.0 Å². The highest BCUT2D eigenvalue weighted by atomic mass is 19.3. The zero-order valence-corrected chi connectivity index (χ0v) is 8.68. The van der Waals surface area contributed by atoms with E-state index in [4.69, 9.17) is 0 Å². The highest BCUT2D eigenvalue weighted by Crippen LogP contribution is 2.37. The van der Waals surface area contributed by atoms with E-state index < -0.39 is 6.43 Å². The summed E-state index contributed by atoms with van der Waals surface area (Å²) in [5.74, 6) is 0.479. The Kier molecular flexibility index (Phi) is 3.05. The van der Waals surface area contributed by atoms with Gasteiger partial charge in [0, 0.05) is 18.0 Å². The Morgan fingerprint density at radius 2 is 1.79 bits per heavy atom. The first kappa shape index (κ1) is 10.3. The molecule has 0 aromatic heterocycles. The SMILES string of the molecule is CC1CCC(N[C@H]2C[C@@H]2C(F)F)CC1. The van der Waals surface area contributed by atoms with Gasteiger partial charge in [0.1, 0.15) is 0 Å². The summed E-state index contributed by atoms with van der Waals surface area (Å²) >= 11 is 0. The van der Waals surface area contributed by atoms with Crippen LogP contribution in [0.4, 0.5) is 8.78 Å². The van der Waals surface area contributed by atoms with Gasteiger partial charge in [-0.2, -0.15) is 0 Å². The molecule has 0 radical (unpaired) electrons. The third-order valence-corrected chi connectivity index (χ3v) is 3.63. The lowest BCUT2D eigenvalue weighted by Crippen LogP contribution is -2.35. The van der Waals surface area contributed by atoms with Gasteiger partial charge >= 0.3 is 0 Å². The van der Waals surface area contributed by atoms with Crippen LogP contribution >= 0.6 is 0 Å². The summed E-state index contributed by atoms with van der Waals surface area (Å²) in [5.41, 5.74) is 0. The minimum absolute atomic E-state index is 0.119. The summed E-state index contributed by atoms with van der Waals surface area (Å²) in [5, 5.41) is 3.36. The van der Waals surface area contributed by atoms with Crippen molar-refractivity contribution in [2.45, 2.75) is 57.5 Å². The third kappa shape index (κ3) is 2.44. The number of hydrogen-bond acceptors (Lipinski definition) is 1. The van der Waals surface area contributed by atoms with E-state index in [1.807, 2.05) is 0 Å². The van der Waals surface area contributed by atoms with Gasteiger partial charge in [-0.3, -0.25) is 0 Å². The maximum Gasteiger partial charge on any atom is 0.242 e. The summed E-state index contributed by atoms with van der Waals surface area (Å²) in [4.78, 5) is 0. The topological polar surface area (TPSA) is 12.0 Å². The number of alkyl halides is 2. The Bertz CT molecular complexity index is 188. The van der Waals surface area contributed by atoms with Crippen LogP contribution in [0.25, 0.3) is 0 Å². The Morgan fingerprint density at radius 1 is 1.14 bits per heavy atom. The predicted octanol–water partition coefficient (Wildman–Crippen LogP) is 2.81. The Hall–Kier alpha value is -0.180. The monoisotopic (exact) mass is 203 g/mol. The van der Waals surface area contributed by atoms with Gasteiger partial charge in [-0.05, 0) is 38.0 Å². The van der Waals surface area contributed by atoms with Gasteiger partial charge in [-0.15, -0.1) is 0 Å². The van der Waals surface area contributed by atoms with Crippen LogP contribution in [0.5, 0.6) is 0 Å². The van der Waals surface area contributed by atoms with Crippen molar-refractivity contribution in [2.75, 3.05) is 0 Å². The molecule has 2 aliphatic carbocycles. The van der Waals surface area contributed by atoms with Gasteiger partial charge in [-0.1, -0.05) is 6.92 Å². The molecule has 2 atom stereocenters. The van der Waals surface area contributed by atoms with Crippen LogP contribution in [0.1, 0.15) is 39.0 Å². The fourth-order valence-electron chi connectivity index (χ4n) is 2.41. The van der Waals surface area contributed by atoms with Crippen molar-refractivity contribution in [3.8, 4) is 0 Å². The normalized spacial score (nSPS) is 42.9. The standard InChI is InChI=1S/C11H19F2N/c1-7-2-4-8(5-3-7)14-10-6-9(10)11(12)13/h7-11,14H,2-6H2,1H3/t7?,8?,9-,10-/m0/s1. The van der Waals surface area contributed by atoms with Crippen LogP contribution in [-0.4, -0.2) is 18.5 Å². The second-order valence-electron chi connectivity index (χ2n) is 4.96. The summed E-state index contributed by atoms with van der Waals surface area (Å²) < 4.78 is 24.5. The first-order valence-corrected chi connectivity index (χ1v) is 5.71. The number of nitrogens with one attached hydrogen (secondary N) is 1. The fraction of sp³-hybridized carbons (Fsp3) is 1.00. The van der Waals surface area contributed by atoms with Gasteiger partial charge < -0.3 is 5.32 Å². The van der Waals surface area contributed by atoms with Gasteiger partial charge in [-0.25, -0.2) is 8.78 Å². The fourth-order valence-corrected chi connectivity index (χ4v) is 2.41. The van der Waals surface area contributed by atoms with Gasteiger partial charge in [0.05, 0.1) is 0 Å². The number of halogens is 2. The Balaban J connectivity index is 1.67. The van der Waals surface area contributed by atoms with Crippen molar-refractivity contribution in [3.63, 3.8) is 0 Å². The Labute approximate surface area is 84.3 Å². The molecule has 2 rings (SSSR count). The average Bonchev–Trinajstić information content (AvgIpc) is 2.88. The largest absolute Gasteiger partial charge is 0.311 e. The average molecular weight is 203 g/mol. The van der Waals surface area contributed by atoms with E-state index in [2.05, 4.69) is 12.2 Å². The molecule has 0 aliphatic heterocycles. The zero-order chi connectivity index (χ0) is 10.1. The molecule has 14 heavy (non-hydrogen) atoms. The van der Waals surface area contributed by atoms with Crippen molar-refractivity contribution in [1.29, 1.82) is 0 Å². The van der Waals surface area contributed by atoms with Crippen LogP contribution in [0.15, 0.2) is 0 Å². The van der Waals surface area contributed by atoms with Gasteiger partial charge in [0.25, 0.3) is 0 Å². The quantitative estimate of drug-likeness (QED) is 0.743. The minimum atomic E-state index is -2.12. The first-order valence-electron chi connectivity index (χ1n) is 5.71. The molecule has 0 spiro atoms. The molecule has 0 bridgehead atoms. The minimum Gasteiger partial charge on any atom is -0.311 e. The predicted molar refractivity (Wildman–Crippen MR) is 52.5 cm³/mol. The highest BCUT2D eigenvalue weighted by molar-refractivity contribution is 4.96. The lowest BCUT2D eigenvalue weighted by molar-refractivity contribution is 0.117. The first-order chi connectivity index (χ1) is 6.66. The Morgan fingerprint density at radius 3 is 2.29 bits per heavy atom. The van der Waals surface area contributed by atoms with E-state index in [0.29, 0.717) is 12.5 Å². The van der Waals surface area contributed by atoms with E-state index >= 15 is 0 Å². The molecule has 0 saturated heterocycles. The van der Waals surface area contributed by atoms with Gasteiger partial charge in [0.2, 0.25) is 6.43 Å². The second-order valence-corrected chi connectivity index (χ2v) is 4.96. The van der Waals surface area contributed by atoms with E-state index in [9.17, 15) is 8.78 Å². The molecule has 3 heteroatoms. The van der Waals surface area contributed by atoms with Crippen LogP contribution in [0, 0.1) is 11.8 Å². The maximum absolute atomic E-state index is 12.2. The summed E-state index contributed by atoms with van der Waals surface area (Å²) in [7, 11) is 0. The van der Waals surface area contributed by atoms with Crippen LogP contribution in [0.3, 0.4) is 0 Å². The molecule has 2 fully saturated rings. The summed E-state index contributed by atoms with van der Waals surface area (Å²) in [6.45, 7) is 2.27. The van der Waals surface area contributed by atoms with E-state index in [1.165, 1.54) is 25.7 Å². The van der Waals surface area contributed by atoms with Crippen LogP contribution in [0.2, 0.25) is 0 Å². The molecule has 82 valence electrons. The molecular weight excluding hydrogens is 184 g/mol. The molecule has 2 saturated carbocycles. The summed E-state index contributed by atoms with van der Waals surface area (Å²) in [6.07, 6.45) is 3.42. The van der Waals surface area contributed by atoms with Crippen molar-refractivity contribution in [2.24, 2.45) is 11.8 Å². The number of hydrogen-bond donors (Lipinski definition) is 1. The highest BCUT2D eigenvalue weighted by Gasteiger charge is 2.44. The van der Waals surface area contributed by atoms with Crippen molar-refractivity contribution >= 4 is 0 Å². The maximum atomic E-state index is 12.2. The zero-order valence-electron chi connectivity index (χ0n) is 8.68. The molecule has 1 nitrogen and oxygen atoms in total. The van der Waals surface area contributed by atoms with Crippen LogP contribution < -0.4 is 5.32 Å². The van der Waals surface area contributed by atoms with E-state index in [1.54, 1.807) is 0 Å². The van der Waals surface area contributed by atoms with E-state index in [0.717, 1.165) is 5.92 Å². The molecule has 0 aromatic rings. The summed E-state index contributed by atoms with van der Waals surface area (Å²) in [6, 6.07) is 0.633. The molecule has 0 amide bonds. The molecule has 0 unspecified atom stereocenters. The smallest absolute Gasteiger partial charge is 0.242 e. The molecule has 2 aliphatic rings. The third-order valence-electron chi connectivity index (χ3n) is 3.63. The molecular formula is C11H19F2N. The van der Waals surface area contributed by atoms with Crippen molar-refractivity contribution < 1.29 is 8.78 Å². The van der Waals surface area contributed by atoms with Crippen molar-refractivity contribution in [1.82, 2.24) is 5.32 Å². The van der Waals surface area contributed by atoms with Crippen LogP contribution in [-0.2, 0) is 0 Å². The molecule has 1 N–H and O–H groups in total. The van der Waals surface area contributed by atoms with Crippen molar-refractivity contribution in [3.05, 3.63) is 0 Å². The molecule has 0 heterocycles. The number of rotatable bonds is 3.